The summed E-state index contributed by atoms with van der Waals surface area (Å²) in [5.41, 5.74) is 1.68. The van der Waals surface area contributed by atoms with Gasteiger partial charge in [0.2, 0.25) is 15.9 Å². The van der Waals surface area contributed by atoms with Crippen LogP contribution in [0.5, 0.6) is 0 Å². The number of aryl methyl sites for hydroxylation is 3. The number of hydrogen-bond donors (Lipinski definition) is 2. The fraction of sp³-hybridized carbons (Fsp3) is 0.333. The molecule has 0 atom stereocenters. The summed E-state index contributed by atoms with van der Waals surface area (Å²) in [5.74, 6) is -0.275. The van der Waals surface area contributed by atoms with Crippen molar-refractivity contribution < 1.29 is 13.2 Å². The molecule has 2 N–H and O–H groups in total. The van der Waals surface area contributed by atoms with E-state index in [0.29, 0.717) is 10.7 Å². The number of carbonyl (C=O) groups excluding carboxylic acids is 1. The van der Waals surface area contributed by atoms with Crippen molar-refractivity contribution in [3.05, 3.63) is 40.4 Å². The maximum atomic E-state index is 12.3. The summed E-state index contributed by atoms with van der Waals surface area (Å²) < 4.78 is 27.0. The smallest absolute Gasteiger partial charge is 0.240 e. The fourth-order valence-corrected chi connectivity index (χ4v) is 4.01. The van der Waals surface area contributed by atoms with Crippen molar-refractivity contribution in [1.82, 2.24) is 9.71 Å². The third kappa shape index (κ3) is 4.85. The lowest BCUT2D eigenvalue weighted by Gasteiger charge is -2.09. The number of rotatable bonds is 6. The molecule has 0 radical (unpaired) electrons. The largest absolute Gasteiger partial charge is 0.302 e. The Morgan fingerprint density at radius 1 is 1.26 bits per heavy atom. The molecule has 0 saturated heterocycles. The molecule has 1 amide bonds. The van der Waals surface area contributed by atoms with Crippen LogP contribution in [0.4, 0.5) is 5.13 Å². The van der Waals surface area contributed by atoms with Gasteiger partial charge in [0.1, 0.15) is 0 Å². The van der Waals surface area contributed by atoms with E-state index in [1.54, 1.807) is 25.3 Å². The van der Waals surface area contributed by atoms with Gasteiger partial charge in [0, 0.05) is 24.0 Å². The Bertz CT molecular complexity index is 813. The van der Waals surface area contributed by atoms with E-state index in [1.165, 1.54) is 11.3 Å². The number of benzene rings is 1. The molecular formula is C15H19N3O3S2. The van der Waals surface area contributed by atoms with E-state index in [2.05, 4.69) is 15.0 Å². The van der Waals surface area contributed by atoms with E-state index < -0.39 is 10.0 Å². The van der Waals surface area contributed by atoms with Gasteiger partial charge in [0.05, 0.1) is 4.90 Å². The van der Waals surface area contributed by atoms with Gasteiger partial charge < -0.3 is 5.32 Å². The highest BCUT2D eigenvalue weighted by molar-refractivity contribution is 7.89. The van der Waals surface area contributed by atoms with Crippen molar-refractivity contribution in [2.24, 2.45) is 0 Å². The molecule has 8 heteroatoms. The van der Waals surface area contributed by atoms with Gasteiger partial charge in [0.15, 0.2) is 5.13 Å². The predicted octanol–water partition coefficient (Wildman–Crippen LogP) is 2.38. The molecule has 1 heterocycles. The summed E-state index contributed by atoms with van der Waals surface area (Å²) in [7, 11) is -3.62. The molecule has 1 aromatic carbocycles. The van der Waals surface area contributed by atoms with Crippen LogP contribution in [0.15, 0.2) is 29.3 Å². The van der Waals surface area contributed by atoms with Crippen molar-refractivity contribution in [3.8, 4) is 0 Å². The van der Waals surface area contributed by atoms with E-state index in [1.807, 2.05) is 19.9 Å². The van der Waals surface area contributed by atoms with Crippen LogP contribution in [-0.2, 0) is 14.8 Å². The Kier molecular flexibility index (Phi) is 5.51. The zero-order valence-corrected chi connectivity index (χ0v) is 14.8. The van der Waals surface area contributed by atoms with Crippen LogP contribution in [-0.4, -0.2) is 25.9 Å². The molecule has 1 aromatic heterocycles. The molecule has 0 spiro atoms. The van der Waals surface area contributed by atoms with Crippen molar-refractivity contribution in [2.75, 3.05) is 11.9 Å². The zero-order chi connectivity index (χ0) is 17.0. The molecule has 0 bridgehead atoms. The summed E-state index contributed by atoms with van der Waals surface area (Å²) in [5, 5.41) is 3.16. The SMILES string of the molecule is Cc1ccc(S(=O)(=O)NCCC(=O)Nc2ncc(C)s2)c(C)c1. The van der Waals surface area contributed by atoms with Crippen molar-refractivity contribution >= 4 is 32.4 Å². The molecule has 2 aromatic rings. The standard InChI is InChI=1S/C15H19N3O3S2/c1-10-4-5-13(11(2)8-10)23(20,21)17-7-6-14(19)18-15-16-9-12(3)22-15/h4-5,8-9,17H,6-7H2,1-3H3,(H,16,18,19). The minimum absolute atomic E-state index is 0.0336. The molecule has 23 heavy (non-hydrogen) atoms. The van der Waals surface area contributed by atoms with Gasteiger partial charge in [-0.1, -0.05) is 17.7 Å². The van der Waals surface area contributed by atoms with Crippen LogP contribution in [0.2, 0.25) is 0 Å². The second kappa shape index (κ2) is 7.20. The van der Waals surface area contributed by atoms with Crippen molar-refractivity contribution in [2.45, 2.75) is 32.1 Å². The summed E-state index contributed by atoms with van der Waals surface area (Å²) in [6.45, 7) is 5.58. The van der Waals surface area contributed by atoms with Crippen molar-refractivity contribution in [1.29, 1.82) is 0 Å². The Hall–Kier alpha value is -1.77. The minimum Gasteiger partial charge on any atom is -0.302 e. The van der Waals surface area contributed by atoms with E-state index in [0.717, 1.165) is 10.4 Å². The third-order valence-corrected chi connectivity index (χ3v) is 5.58. The molecule has 0 fully saturated rings. The van der Waals surface area contributed by atoms with Gasteiger partial charge in [-0.25, -0.2) is 18.1 Å². The third-order valence-electron chi connectivity index (χ3n) is 3.13. The van der Waals surface area contributed by atoms with E-state index in [4.69, 9.17) is 0 Å². The van der Waals surface area contributed by atoms with Gasteiger partial charge in [-0.15, -0.1) is 11.3 Å². The highest BCUT2D eigenvalue weighted by Crippen LogP contribution is 2.17. The van der Waals surface area contributed by atoms with Crippen LogP contribution in [0.25, 0.3) is 0 Å². The monoisotopic (exact) mass is 353 g/mol. The number of anilines is 1. The Balaban J connectivity index is 1.90. The molecule has 2 rings (SSSR count). The van der Waals surface area contributed by atoms with Gasteiger partial charge in [0.25, 0.3) is 0 Å². The second-order valence-electron chi connectivity index (χ2n) is 5.24. The van der Waals surface area contributed by atoms with E-state index >= 15 is 0 Å². The molecule has 0 aliphatic carbocycles. The van der Waals surface area contributed by atoms with Crippen molar-refractivity contribution in [3.63, 3.8) is 0 Å². The number of aromatic nitrogens is 1. The maximum Gasteiger partial charge on any atom is 0.240 e. The number of nitrogens with zero attached hydrogens (tertiary/aromatic N) is 1. The first-order valence-electron chi connectivity index (χ1n) is 7.07. The summed E-state index contributed by atoms with van der Waals surface area (Å²) >= 11 is 1.37. The lowest BCUT2D eigenvalue weighted by Crippen LogP contribution is -2.28. The highest BCUT2D eigenvalue weighted by Gasteiger charge is 2.16. The Morgan fingerprint density at radius 3 is 2.61 bits per heavy atom. The molecule has 0 aliphatic heterocycles. The minimum atomic E-state index is -3.62. The number of carbonyl (C=O) groups is 1. The Morgan fingerprint density at radius 2 is 2.00 bits per heavy atom. The first kappa shape index (κ1) is 17.6. The van der Waals surface area contributed by atoms with Crippen LogP contribution in [0, 0.1) is 20.8 Å². The lowest BCUT2D eigenvalue weighted by molar-refractivity contribution is -0.116. The lowest BCUT2D eigenvalue weighted by atomic mass is 10.2. The maximum absolute atomic E-state index is 12.3. The Labute approximate surface area is 140 Å². The number of amides is 1. The van der Waals surface area contributed by atoms with E-state index in [9.17, 15) is 13.2 Å². The highest BCUT2D eigenvalue weighted by atomic mass is 32.2. The van der Waals surface area contributed by atoms with Gasteiger partial charge in [-0.2, -0.15) is 0 Å². The van der Waals surface area contributed by atoms with Gasteiger partial charge in [-0.3, -0.25) is 4.79 Å². The number of hydrogen-bond acceptors (Lipinski definition) is 5. The van der Waals surface area contributed by atoms with Crippen LogP contribution in [0.1, 0.15) is 22.4 Å². The first-order valence-corrected chi connectivity index (χ1v) is 9.37. The quantitative estimate of drug-likeness (QED) is 0.834. The van der Waals surface area contributed by atoms with Crippen LogP contribution < -0.4 is 10.0 Å². The molecule has 0 saturated carbocycles. The molecule has 6 nitrogen and oxygen atoms in total. The van der Waals surface area contributed by atoms with Crippen LogP contribution in [0.3, 0.4) is 0 Å². The summed E-state index contributed by atoms with van der Waals surface area (Å²) in [6, 6.07) is 5.14. The first-order chi connectivity index (χ1) is 10.8. The summed E-state index contributed by atoms with van der Waals surface area (Å²) in [6.07, 6.45) is 1.71. The van der Waals surface area contributed by atoms with Gasteiger partial charge in [-0.05, 0) is 32.4 Å². The topological polar surface area (TPSA) is 88.2 Å². The predicted molar refractivity (Wildman–Crippen MR) is 91.2 cm³/mol. The van der Waals surface area contributed by atoms with Crippen LogP contribution >= 0.6 is 11.3 Å². The molecule has 0 aliphatic rings. The normalized spacial score (nSPS) is 11.4. The summed E-state index contributed by atoms with van der Waals surface area (Å²) in [4.78, 5) is 17.0. The average Bonchev–Trinajstić information content (AvgIpc) is 2.83. The van der Waals surface area contributed by atoms with E-state index in [-0.39, 0.29) is 23.8 Å². The van der Waals surface area contributed by atoms with Gasteiger partial charge >= 0.3 is 0 Å². The fourth-order valence-electron chi connectivity index (χ4n) is 2.07. The molecule has 0 unspecified atom stereocenters. The number of sulfonamides is 1. The molecular weight excluding hydrogens is 334 g/mol. The molecule has 124 valence electrons. The number of nitrogens with one attached hydrogen (secondary N) is 2. The average molecular weight is 353 g/mol. The zero-order valence-electron chi connectivity index (χ0n) is 13.2. The second-order valence-corrected chi connectivity index (χ2v) is 8.21. The number of thiazole rings is 1.